The van der Waals surface area contributed by atoms with Crippen LogP contribution in [0.5, 0.6) is 0 Å². The van der Waals surface area contributed by atoms with E-state index in [1.165, 1.54) is 18.7 Å². The van der Waals surface area contributed by atoms with Crippen LogP contribution in [-0.4, -0.2) is 34.2 Å². The summed E-state index contributed by atoms with van der Waals surface area (Å²) in [5.41, 5.74) is -0.416. The molecule has 1 aliphatic heterocycles. The van der Waals surface area contributed by atoms with Crippen LogP contribution in [0, 0.1) is 0 Å². The SMILES string of the molecule is CCC(C)(NC(=O)c1ccc2c(c1)NC(=O)CS2)C(=O)O. The fraction of sp³-hybridized carbons (Fsp3) is 0.357. The number of rotatable bonds is 4. The van der Waals surface area contributed by atoms with Gasteiger partial charge in [0, 0.05) is 10.5 Å². The second-order valence-electron chi connectivity index (χ2n) is 4.99. The third-order valence-corrected chi connectivity index (χ3v) is 4.52. The molecule has 21 heavy (non-hydrogen) atoms. The lowest BCUT2D eigenvalue weighted by atomic mass is 9.98. The van der Waals surface area contributed by atoms with Gasteiger partial charge in [0.2, 0.25) is 5.91 Å². The minimum Gasteiger partial charge on any atom is -0.480 e. The molecular formula is C14H16N2O4S. The zero-order chi connectivity index (χ0) is 15.6. The number of thioether (sulfide) groups is 1. The lowest BCUT2D eigenvalue weighted by molar-refractivity contribution is -0.143. The maximum absolute atomic E-state index is 12.2. The van der Waals surface area contributed by atoms with Crippen LogP contribution < -0.4 is 10.6 Å². The van der Waals surface area contributed by atoms with Gasteiger partial charge in [-0.3, -0.25) is 9.59 Å². The number of fused-ring (bicyclic) bond motifs is 1. The molecule has 0 spiro atoms. The summed E-state index contributed by atoms with van der Waals surface area (Å²) in [6, 6.07) is 4.93. The van der Waals surface area contributed by atoms with Crippen LogP contribution in [0.15, 0.2) is 23.1 Å². The van der Waals surface area contributed by atoms with Crippen LogP contribution in [0.3, 0.4) is 0 Å². The molecule has 0 bridgehead atoms. The highest BCUT2D eigenvalue weighted by Gasteiger charge is 2.33. The molecule has 0 saturated carbocycles. The molecule has 0 fully saturated rings. The maximum atomic E-state index is 12.2. The standard InChI is InChI=1S/C14H16N2O4S/c1-3-14(2,13(19)20)16-12(18)8-4-5-10-9(6-8)15-11(17)7-21-10/h4-6H,3,7H2,1-2H3,(H,15,17)(H,16,18)(H,19,20). The van der Waals surface area contributed by atoms with Gasteiger partial charge < -0.3 is 15.7 Å². The number of benzene rings is 1. The van der Waals surface area contributed by atoms with E-state index < -0.39 is 17.4 Å². The fourth-order valence-corrected chi connectivity index (χ4v) is 2.63. The van der Waals surface area contributed by atoms with Crippen LogP contribution in [0.1, 0.15) is 30.6 Å². The van der Waals surface area contributed by atoms with Crippen molar-refractivity contribution >= 4 is 35.2 Å². The van der Waals surface area contributed by atoms with Gasteiger partial charge in [0.15, 0.2) is 0 Å². The predicted octanol–water partition coefficient (Wildman–Crippen LogP) is 1.71. The molecule has 2 amide bonds. The molecule has 1 heterocycles. The van der Waals surface area contributed by atoms with Crippen LogP contribution >= 0.6 is 11.8 Å². The van der Waals surface area contributed by atoms with E-state index in [0.717, 1.165) is 4.90 Å². The van der Waals surface area contributed by atoms with Crippen molar-refractivity contribution in [3.8, 4) is 0 Å². The number of hydrogen-bond donors (Lipinski definition) is 3. The van der Waals surface area contributed by atoms with Crippen LogP contribution in [0.2, 0.25) is 0 Å². The molecule has 0 aromatic heterocycles. The molecule has 7 heteroatoms. The van der Waals surface area contributed by atoms with Gasteiger partial charge in [0.05, 0.1) is 11.4 Å². The Morgan fingerprint density at radius 1 is 1.48 bits per heavy atom. The summed E-state index contributed by atoms with van der Waals surface area (Å²) >= 11 is 1.40. The Balaban J connectivity index is 2.22. The smallest absolute Gasteiger partial charge is 0.329 e. The normalized spacial score (nSPS) is 16.4. The van der Waals surface area contributed by atoms with E-state index in [1.807, 2.05) is 0 Å². The summed E-state index contributed by atoms with van der Waals surface area (Å²) in [6.07, 6.45) is 0.269. The molecule has 1 aromatic rings. The van der Waals surface area contributed by atoms with Gasteiger partial charge in [-0.15, -0.1) is 11.8 Å². The van der Waals surface area contributed by atoms with Gasteiger partial charge in [-0.05, 0) is 31.5 Å². The molecule has 3 N–H and O–H groups in total. The molecule has 2 rings (SSSR count). The molecule has 0 aliphatic carbocycles. The van der Waals surface area contributed by atoms with E-state index in [4.69, 9.17) is 0 Å². The van der Waals surface area contributed by atoms with E-state index in [-0.39, 0.29) is 12.3 Å². The average molecular weight is 308 g/mol. The number of nitrogens with one attached hydrogen (secondary N) is 2. The number of carboxylic acids is 1. The molecule has 1 unspecified atom stereocenters. The predicted molar refractivity (Wildman–Crippen MR) is 79.6 cm³/mol. The van der Waals surface area contributed by atoms with Crippen LogP contribution in [0.4, 0.5) is 5.69 Å². The Hall–Kier alpha value is -2.02. The van der Waals surface area contributed by atoms with Crippen molar-refractivity contribution in [1.82, 2.24) is 5.32 Å². The molecule has 0 radical (unpaired) electrons. The first-order valence-corrected chi connectivity index (χ1v) is 7.47. The summed E-state index contributed by atoms with van der Waals surface area (Å²) in [4.78, 5) is 35.7. The Morgan fingerprint density at radius 3 is 2.81 bits per heavy atom. The Labute approximate surface area is 126 Å². The van der Waals surface area contributed by atoms with Gasteiger partial charge in [-0.2, -0.15) is 0 Å². The molecule has 1 aromatic carbocycles. The summed E-state index contributed by atoms with van der Waals surface area (Å²) in [5, 5.41) is 14.4. The minimum absolute atomic E-state index is 0.117. The maximum Gasteiger partial charge on any atom is 0.329 e. The van der Waals surface area contributed by atoms with Crippen molar-refractivity contribution < 1.29 is 19.5 Å². The Kier molecular flexibility index (Phi) is 4.22. The monoisotopic (exact) mass is 308 g/mol. The van der Waals surface area contributed by atoms with Crippen molar-refractivity contribution in [2.24, 2.45) is 0 Å². The first-order valence-electron chi connectivity index (χ1n) is 6.48. The average Bonchev–Trinajstić information content (AvgIpc) is 2.45. The first kappa shape index (κ1) is 15.4. The number of carbonyl (C=O) groups is 3. The topological polar surface area (TPSA) is 95.5 Å². The van der Waals surface area contributed by atoms with Gasteiger partial charge in [0.25, 0.3) is 5.91 Å². The van der Waals surface area contributed by atoms with Crippen molar-refractivity contribution in [3.63, 3.8) is 0 Å². The molecule has 112 valence electrons. The first-order chi connectivity index (χ1) is 9.85. The summed E-state index contributed by atoms with van der Waals surface area (Å²) in [5.74, 6) is -1.32. The highest BCUT2D eigenvalue weighted by molar-refractivity contribution is 8.00. The number of aliphatic carboxylic acids is 1. The Morgan fingerprint density at radius 2 is 2.19 bits per heavy atom. The largest absolute Gasteiger partial charge is 0.480 e. The van der Waals surface area contributed by atoms with E-state index in [2.05, 4.69) is 10.6 Å². The molecule has 6 nitrogen and oxygen atoms in total. The Bertz CT molecular complexity index is 617. The second kappa shape index (κ2) is 5.77. The van der Waals surface area contributed by atoms with Gasteiger partial charge in [-0.1, -0.05) is 6.92 Å². The number of amides is 2. The highest BCUT2D eigenvalue weighted by Crippen LogP contribution is 2.32. The number of carbonyl (C=O) groups excluding carboxylic acids is 2. The van der Waals surface area contributed by atoms with Crippen LogP contribution in [-0.2, 0) is 9.59 Å². The van der Waals surface area contributed by atoms with Gasteiger partial charge in [-0.25, -0.2) is 4.79 Å². The van der Waals surface area contributed by atoms with Crippen molar-refractivity contribution in [1.29, 1.82) is 0 Å². The summed E-state index contributed by atoms with van der Waals surface area (Å²) in [6.45, 7) is 3.15. The quantitative estimate of drug-likeness (QED) is 0.787. The van der Waals surface area contributed by atoms with Crippen molar-refractivity contribution in [2.75, 3.05) is 11.1 Å². The summed E-state index contributed by atoms with van der Waals surface area (Å²) in [7, 11) is 0. The molecule has 1 aliphatic rings. The lowest BCUT2D eigenvalue weighted by Crippen LogP contribution is -2.51. The van der Waals surface area contributed by atoms with E-state index >= 15 is 0 Å². The number of carboxylic acid groups (broad SMARTS) is 1. The summed E-state index contributed by atoms with van der Waals surface area (Å²) < 4.78 is 0. The third-order valence-electron chi connectivity index (χ3n) is 3.44. The highest BCUT2D eigenvalue weighted by atomic mass is 32.2. The van der Waals surface area contributed by atoms with E-state index in [0.29, 0.717) is 17.0 Å². The second-order valence-corrected chi connectivity index (χ2v) is 6.01. The molecule has 1 atom stereocenters. The van der Waals surface area contributed by atoms with Gasteiger partial charge in [0.1, 0.15) is 5.54 Å². The lowest BCUT2D eigenvalue weighted by Gasteiger charge is -2.25. The number of hydrogen-bond acceptors (Lipinski definition) is 4. The molecule has 0 saturated heterocycles. The number of anilines is 1. The van der Waals surface area contributed by atoms with Gasteiger partial charge >= 0.3 is 5.97 Å². The van der Waals surface area contributed by atoms with Crippen molar-refractivity contribution in [3.05, 3.63) is 23.8 Å². The van der Waals surface area contributed by atoms with Crippen molar-refractivity contribution in [2.45, 2.75) is 30.7 Å². The van der Waals surface area contributed by atoms with E-state index in [9.17, 15) is 19.5 Å². The molecular weight excluding hydrogens is 292 g/mol. The fourth-order valence-electron chi connectivity index (χ4n) is 1.84. The van der Waals surface area contributed by atoms with E-state index in [1.54, 1.807) is 25.1 Å². The third kappa shape index (κ3) is 3.18. The minimum atomic E-state index is -1.31. The zero-order valence-corrected chi connectivity index (χ0v) is 12.5. The van der Waals surface area contributed by atoms with Crippen LogP contribution in [0.25, 0.3) is 0 Å². The zero-order valence-electron chi connectivity index (χ0n) is 11.7.